The molecule has 0 saturated heterocycles. The molecule has 1 aromatic carbocycles. The van der Waals surface area contributed by atoms with Crippen LogP contribution in [0.3, 0.4) is 0 Å². The van der Waals surface area contributed by atoms with E-state index < -0.39 is 0 Å². The number of aromatic nitrogens is 1. The first kappa shape index (κ1) is 15.1. The predicted molar refractivity (Wildman–Crippen MR) is 90.0 cm³/mol. The number of hydrogen-bond donors (Lipinski definition) is 0. The number of carbonyl (C=O) groups excluding carboxylic acids is 1. The average molecular weight is 340 g/mol. The van der Waals surface area contributed by atoms with Crippen molar-refractivity contribution < 1.29 is 13.7 Å². The highest BCUT2D eigenvalue weighted by molar-refractivity contribution is 5.83. The molecule has 0 spiro atoms. The van der Waals surface area contributed by atoms with Crippen molar-refractivity contribution in [3.8, 4) is 11.3 Å². The number of rotatable bonds is 2. The Kier molecular flexibility index (Phi) is 3.43. The van der Waals surface area contributed by atoms with Crippen molar-refractivity contribution in [3.05, 3.63) is 41.4 Å². The largest absolute Gasteiger partial charge is 0.360 e. The molecule has 0 radical (unpaired) electrons. The van der Waals surface area contributed by atoms with Crippen LogP contribution in [0.25, 0.3) is 11.3 Å². The van der Waals surface area contributed by atoms with Gasteiger partial charge in [0.05, 0.1) is 6.54 Å². The molecule has 4 nitrogen and oxygen atoms in total. The van der Waals surface area contributed by atoms with Crippen molar-refractivity contribution in [3.63, 3.8) is 0 Å². The molecule has 2 saturated carbocycles. The third-order valence-electron chi connectivity index (χ3n) is 6.18. The van der Waals surface area contributed by atoms with E-state index in [2.05, 4.69) is 5.16 Å². The van der Waals surface area contributed by atoms with E-state index in [1.165, 1.54) is 37.8 Å². The highest BCUT2D eigenvalue weighted by Crippen LogP contribution is 2.56. The van der Waals surface area contributed by atoms with Gasteiger partial charge < -0.3 is 9.42 Å². The molecule has 5 rings (SSSR count). The van der Waals surface area contributed by atoms with Gasteiger partial charge in [0.2, 0.25) is 5.91 Å². The number of nitrogens with zero attached hydrogens (tertiary/aromatic N) is 2. The first-order valence-electron chi connectivity index (χ1n) is 9.24. The van der Waals surface area contributed by atoms with Crippen LogP contribution in [0, 0.1) is 23.6 Å². The van der Waals surface area contributed by atoms with Crippen LogP contribution in [0.2, 0.25) is 0 Å². The summed E-state index contributed by atoms with van der Waals surface area (Å²) in [5, 5.41) is 4.16. The summed E-state index contributed by atoms with van der Waals surface area (Å²) in [5.41, 5.74) is 2.31. The smallest absolute Gasteiger partial charge is 0.226 e. The molecule has 5 heteroatoms. The minimum atomic E-state index is -0.292. The summed E-state index contributed by atoms with van der Waals surface area (Å²) >= 11 is 0. The molecule has 2 aromatic rings. The molecule has 2 heterocycles. The van der Waals surface area contributed by atoms with Gasteiger partial charge in [-0.1, -0.05) is 30.1 Å². The van der Waals surface area contributed by atoms with Gasteiger partial charge in [-0.25, -0.2) is 4.39 Å². The SMILES string of the molecule is O=C(C1[C@@H]2CCCC[C@@H]12)N1CCc2onc(-c3cccc(F)c3)c2C1. The van der Waals surface area contributed by atoms with E-state index >= 15 is 0 Å². The molecule has 3 aliphatic rings. The van der Waals surface area contributed by atoms with Crippen LogP contribution in [-0.2, 0) is 17.8 Å². The molecule has 1 aromatic heterocycles. The molecular formula is C20H21FN2O2. The van der Waals surface area contributed by atoms with Crippen LogP contribution < -0.4 is 0 Å². The number of amides is 1. The topological polar surface area (TPSA) is 46.3 Å². The van der Waals surface area contributed by atoms with Crippen molar-refractivity contribution in [2.24, 2.45) is 17.8 Å². The first-order valence-corrected chi connectivity index (χ1v) is 9.24. The maximum atomic E-state index is 13.6. The van der Waals surface area contributed by atoms with Crippen molar-refractivity contribution in [1.82, 2.24) is 10.1 Å². The van der Waals surface area contributed by atoms with Gasteiger partial charge in [-0.2, -0.15) is 0 Å². The Hall–Kier alpha value is -2.17. The summed E-state index contributed by atoms with van der Waals surface area (Å²) in [6.07, 6.45) is 5.64. The molecule has 0 bridgehead atoms. The van der Waals surface area contributed by atoms with E-state index in [0.29, 0.717) is 48.5 Å². The third-order valence-corrected chi connectivity index (χ3v) is 6.18. The summed E-state index contributed by atoms with van der Waals surface area (Å²) in [7, 11) is 0. The normalized spacial score (nSPS) is 27.6. The van der Waals surface area contributed by atoms with E-state index in [-0.39, 0.29) is 11.7 Å². The van der Waals surface area contributed by atoms with Crippen LogP contribution in [-0.4, -0.2) is 22.5 Å². The summed E-state index contributed by atoms with van der Waals surface area (Å²) < 4.78 is 19.0. The van der Waals surface area contributed by atoms with Gasteiger partial charge in [0.15, 0.2) is 0 Å². The minimum absolute atomic E-state index is 0.238. The van der Waals surface area contributed by atoms with Crippen LogP contribution in [0.4, 0.5) is 4.39 Å². The van der Waals surface area contributed by atoms with Gasteiger partial charge in [-0.3, -0.25) is 4.79 Å². The Balaban J connectivity index is 1.39. The zero-order valence-corrected chi connectivity index (χ0v) is 14.1. The van der Waals surface area contributed by atoms with Crippen molar-refractivity contribution in [2.45, 2.75) is 38.6 Å². The zero-order valence-electron chi connectivity index (χ0n) is 14.1. The zero-order chi connectivity index (χ0) is 17.0. The molecule has 0 unspecified atom stereocenters. The monoisotopic (exact) mass is 340 g/mol. The van der Waals surface area contributed by atoms with E-state index in [1.54, 1.807) is 6.07 Å². The third kappa shape index (κ3) is 2.48. The van der Waals surface area contributed by atoms with Crippen LogP contribution >= 0.6 is 0 Å². The number of fused-ring (bicyclic) bond motifs is 2. The predicted octanol–water partition coefficient (Wildman–Crippen LogP) is 3.80. The van der Waals surface area contributed by atoms with Crippen LogP contribution in [0.1, 0.15) is 37.0 Å². The van der Waals surface area contributed by atoms with Crippen LogP contribution in [0.5, 0.6) is 0 Å². The lowest BCUT2D eigenvalue weighted by Gasteiger charge is -2.26. The lowest BCUT2D eigenvalue weighted by atomic mass is 10.0. The second-order valence-electron chi connectivity index (χ2n) is 7.59. The van der Waals surface area contributed by atoms with Gasteiger partial charge in [0.25, 0.3) is 0 Å². The molecular weight excluding hydrogens is 319 g/mol. The number of carbonyl (C=O) groups is 1. The fourth-order valence-electron chi connectivity index (χ4n) is 4.83. The van der Waals surface area contributed by atoms with Crippen molar-refractivity contribution in [1.29, 1.82) is 0 Å². The number of benzene rings is 1. The molecule has 130 valence electrons. The fraction of sp³-hybridized carbons (Fsp3) is 0.500. The Morgan fingerprint density at radius 1 is 1.24 bits per heavy atom. The summed E-state index contributed by atoms with van der Waals surface area (Å²) in [6, 6.07) is 6.39. The second kappa shape index (κ2) is 5.68. The summed E-state index contributed by atoms with van der Waals surface area (Å²) in [6.45, 7) is 1.22. The molecule has 1 amide bonds. The fourth-order valence-corrected chi connectivity index (χ4v) is 4.83. The van der Waals surface area contributed by atoms with Gasteiger partial charge in [0, 0.05) is 30.0 Å². The van der Waals surface area contributed by atoms with E-state index in [0.717, 1.165) is 11.3 Å². The molecule has 2 aliphatic carbocycles. The average Bonchev–Trinajstić information content (AvgIpc) is 3.21. The maximum absolute atomic E-state index is 13.6. The van der Waals surface area contributed by atoms with Crippen molar-refractivity contribution in [2.75, 3.05) is 6.54 Å². The maximum Gasteiger partial charge on any atom is 0.226 e. The van der Waals surface area contributed by atoms with Gasteiger partial charge >= 0.3 is 0 Å². The van der Waals surface area contributed by atoms with E-state index in [4.69, 9.17) is 4.52 Å². The summed E-state index contributed by atoms with van der Waals surface area (Å²) in [5.74, 6) is 2.31. The first-order chi connectivity index (χ1) is 12.2. The van der Waals surface area contributed by atoms with Gasteiger partial charge in [-0.05, 0) is 36.8 Å². The molecule has 2 atom stereocenters. The molecule has 25 heavy (non-hydrogen) atoms. The highest BCUT2D eigenvalue weighted by Gasteiger charge is 2.56. The molecule has 1 aliphatic heterocycles. The lowest BCUT2D eigenvalue weighted by molar-refractivity contribution is -0.134. The number of hydrogen-bond acceptors (Lipinski definition) is 3. The van der Waals surface area contributed by atoms with E-state index in [9.17, 15) is 9.18 Å². The lowest BCUT2D eigenvalue weighted by Crippen LogP contribution is -2.37. The molecule has 0 N–H and O–H groups in total. The Morgan fingerprint density at radius 2 is 2.04 bits per heavy atom. The van der Waals surface area contributed by atoms with E-state index in [1.807, 2.05) is 11.0 Å². The Bertz CT molecular complexity index is 819. The minimum Gasteiger partial charge on any atom is -0.360 e. The van der Waals surface area contributed by atoms with Gasteiger partial charge in [-0.15, -0.1) is 0 Å². The van der Waals surface area contributed by atoms with Crippen LogP contribution in [0.15, 0.2) is 28.8 Å². The summed E-state index contributed by atoms with van der Waals surface area (Å²) in [4.78, 5) is 14.9. The second-order valence-corrected chi connectivity index (χ2v) is 7.59. The Labute approximate surface area is 146 Å². The number of halogens is 1. The highest BCUT2D eigenvalue weighted by atomic mass is 19.1. The quantitative estimate of drug-likeness (QED) is 0.835. The van der Waals surface area contributed by atoms with Crippen molar-refractivity contribution >= 4 is 5.91 Å². The standard InChI is InChI=1S/C20H21FN2O2/c21-13-5-3-4-12(10-13)19-16-11-23(9-8-17(16)25-22-19)20(24)18-14-6-1-2-7-15(14)18/h3-5,10,14-15,18H,1-2,6-9,11H2/t14-,15-/m1/s1. The Morgan fingerprint density at radius 3 is 2.80 bits per heavy atom. The van der Waals surface area contributed by atoms with Gasteiger partial charge in [0.1, 0.15) is 17.3 Å². The molecule has 2 fully saturated rings.